The largest absolute Gasteiger partial charge is 0.293 e. The fourth-order valence-corrected chi connectivity index (χ4v) is 1.04. The van der Waals surface area contributed by atoms with Crippen molar-refractivity contribution in [3.8, 4) is 0 Å². The van der Waals surface area contributed by atoms with Gasteiger partial charge in [0.05, 0.1) is 5.02 Å². The van der Waals surface area contributed by atoms with Crippen molar-refractivity contribution < 1.29 is 4.79 Å². The minimum Gasteiger partial charge on any atom is -0.293 e. The number of rotatable bonds is 1. The van der Waals surface area contributed by atoms with Gasteiger partial charge in [-0.25, -0.2) is 4.98 Å². The molecule has 0 spiro atoms. The van der Waals surface area contributed by atoms with Crippen LogP contribution in [0.3, 0.4) is 0 Å². The van der Waals surface area contributed by atoms with Gasteiger partial charge in [-0.15, -0.1) is 0 Å². The molecule has 0 aliphatic carbocycles. The van der Waals surface area contributed by atoms with Crippen molar-refractivity contribution in [2.75, 3.05) is 0 Å². The molecule has 4 heteroatoms. The van der Waals surface area contributed by atoms with Crippen LogP contribution in [0.5, 0.6) is 0 Å². The first-order valence-corrected chi connectivity index (χ1v) is 4.11. The first kappa shape index (κ1) is 8.68. The molecule has 1 aromatic rings. The molecular formula is C7H5BrClNO. The Morgan fingerprint density at radius 3 is 2.73 bits per heavy atom. The van der Waals surface area contributed by atoms with Crippen molar-refractivity contribution in [2.24, 2.45) is 0 Å². The third kappa shape index (κ3) is 2.01. The van der Waals surface area contributed by atoms with Crippen LogP contribution in [0.2, 0.25) is 5.02 Å². The van der Waals surface area contributed by atoms with Crippen LogP contribution in [-0.2, 0) is 0 Å². The maximum absolute atomic E-state index is 10.8. The third-order valence-electron chi connectivity index (χ3n) is 1.16. The highest BCUT2D eigenvalue weighted by Gasteiger charge is 2.03. The third-order valence-corrected chi connectivity index (χ3v) is 2.30. The Morgan fingerprint density at radius 1 is 1.64 bits per heavy atom. The second-order valence-electron chi connectivity index (χ2n) is 2.03. The zero-order valence-corrected chi connectivity index (χ0v) is 8.11. The van der Waals surface area contributed by atoms with Gasteiger partial charge in [0.25, 0.3) is 0 Å². The fraction of sp³-hybridized carbons (Fsp3) is 0.143. The zero-order valence-electron chi connectivity index (χ0n) is 5.77. The number of Topliss-reactive ketones (excluding diaryl/α,β-unsaturated/α-hetero) is 1. The van der Waals surface area contributed by atoms with E-state index in [4.69, 9.17) is 11.6 Å². The zero-order chi connectivity index (χ0) is 8.43. The van der Waals surface area contributed by atoms with E-state index >= 15 is 0 Å². The molecule has 1 rings (SSSR count). The Bertz CT molecular complexity index is 300. The minimum atomic E-state index is -0.0673. The standard InChI is InChI=1S/C7H5BrClNO/c1-4(11)6-3-2-5(9)7(8)10-6/h2-3H,1H3. The van der Waals surface area contributed by atoms with Gasteiger partial charge < -0.3 is 0 Å². The normalized spacial score (nSPS) is 9.73. The van der Waals surface area contributed by atoms with Gasteiger partial charge in [-0.05, 0) is 28.1 Å². The van der Waals surface area contributed by atoms with Crippen LogP contribution in [-0.4, -0.2) is 10.8 Å². The van der Waals surface area contributed by atoms with Gasteiger partial charge in [0.2, 0.25) is 0 Å². The molecule has 0 saturated heterocycles. The van der Waals surface area contributed by atoms with E-state index in [1.807, 2.05) is 0 Å². The summed E-state index contributed by atoms with van der Waals surface area (Å²) in [5.41, 5.74) is 0.418. The Kier molecular flexibility index (Phi) is 2.62. The van der Waals surface area contributed by atoms with Crippen LogP contribution >= 0.6 is 27.5 Å². The highest BCUT2D eigenvalue weighted by atomic mass is 79.9. The van der Waals surface area contributed by atoms with Gasteiger partial charge in [-0.1, -0.05) is 11.6 Å². The van der Waals surface area contributed by atoms with Crippen molar-refractivity contribution in [2.45, 2.75) is 6.92 Å². The van der Waals surface area contributed by atoms with Gasteiger partial charge in [0.15, 0.2) is 5.78 Å². The monoisotopic (exact) mass is 233 g/mol. The lowest BCUT2D eigenvalue weighted by Gasteiger charge is -1.96. The second kappa shape index (κ2) is 3.32. The summed E-state index contributed by atoms with van der Waals surface area (Å²) in [7, 11) is 0. The number of ketones is 1. The number of carbonyl (C=O) groups excluding carboxylic acids is 1. The summed E-state index contributed by atoms with van der Waals surface area (Å²) in [6.45, 7) is 1.46. The first-order chi connectivity index (χ1) is 5.11. The maximum atomic E-state index is 10.8. The Balaban J connectivity index is 3.15. The predicted molar refractivity (Wildman–Crippen MR) is 47.0 cm³/mol. The molecule has 0 aliphatic rings. The van der Waals surface area contributed by atoms with Crippen LogP contribution in [0, 0.1) is 0 Å². The van der Waals surface area contributed by atoms with E-state index < -0.39 is 0 Å². The molecule has 0 amide bonds. The fourth-order valence-electron chi connectivity index (χ4n) is 0.613. The van der Waals surface area contributed by atoms with Gasteiger partial charge >= 0.3 is 0 Å². The molecule has 0 radical (unpaired) electrons. The quantitative estimate of drug-likeness (QED) is 0.552. The topological polar surface area (TPSA) is 30.0 Å². The molecule has 1 heterocycles. The molecule has 1 aromatic heterocycles. The molecule has 2 nitrogen and oxygen atoms in total. The van der Waals surface area contributed by atoms with Crippen LogP contribution in [0.4, 0.5) is 0 Å². The maximum Gasteiger partial charge on any atom is 0.178 e. The van der Waals surface area contributed by atoms with Crippen molar-refractivity contribution in [3.05, 3.63) is 27.5 Å². The number of aromatic nitrogens is 1. The van der Waals surface area contributed by atoms with E-state index in [2.05, 4.69) is 20.9 Å². The number of halogens is 2. The summed E-state index contributed by atoms with van der Waals surface area (Å²) in [5, 5.41) is 0.509. The van der Waals surface area contributed by atoms with Crippen LogP contribution < -0.4 is 0 Å². The van der Waals surface area contributed by atoms with Gasteiger partial charge in [0, 0.05) is 6.92 Å². The number of carbonyl (C=O) groups is 1. The number of hydrogen-bond donors (Lipinski definition) is 0. The van der Waals surface area contributed by atoms with Gasteiger partial charge in [0.1, 0.15) is 10.3 Å². The molecule has 0 aromatic carbocycles. The summed E-state index contributed by atoms with van der Waals surface area (Å²) >= 11 is 8.78. The van der Waals surface area contributed by atoms with Crippen molar-refractivity contribution in [1.29, 1.82) is 0 Å². The van der Waals surface area contributed by atoms with Gasteiger partial charge in [-0.2, -0.15) is 0 Å². The number of pyridine rings is 1. The molecule has 0 N–H and O–H groups in total. The van der Waals surface area contributed by atoms with Crippen molar-refractivity contribution in [1.82, 2.24) is 4.98 Å². The van der Waals surface area contributed by atoms with Crippen molar-refractivity contribution >= 4 is 33.3 Å². The Labute approximate surface area is 77.7 Å². The average Bonchev–Trinajstić information content (AvgIpc) is 1.94. The minimum absolute atomic E-state index is 0.0673. The lowest BCUT2D eigenvalue weighted by atomic mass is 10.3. The average molecular weight is 234 g/mol. The molecule has 0 fully saturated rings. The summed E-state index contributed by atoms with van der Waals surface area (Å²) in [6, 6.07) is 3.23. The SMILES string of the molecule is CC(=O)c1ccc(Cl)c(Br)n1. The van der Waals surface area contributed by atoms with E-state index in [0.717, 1.165) is 0 Å². The predicted octanol–water partition coefficient (Wildman–Crippen LogP) is 2.70. The van der Waals surface area contributed by atoms with Crippen molar-refractivity contribution in [3.63, 3.8) is 0 Å². The lowest BCUT2D eigenvalue weighted by molar-refractivity contribution is 0.101. The number of hydrogen-bond acceptors (Lipinski definition) is 2. The second-order valence-corrected chi connectivity index (χ2v) is 3.18. The molecule has 0 unspecified atom stereocenters. The summed E-state index contributed by atoms with van der Waals surface area (Å²) < 4.78 is 0.506. The number of nitrogens with zero attached hydrogens (tertiary/aromatic N) is 1. The van der Waals surface area contributed by atoms with Crippen LogP contribution in [0.25, 0.3) is 0 Å². The molecule has 0 atom stereocenters. The molecule has 0 saturated carbocycles. The van der Waals surface area contributed by atoms with E-state index in [9.17, 15) is 4.79 Å². The highest BCUT2D eigenvalue weighted by molar-refractivity contribution is 9.10. The molecule has 11 heavy (non-hydrogen) atoms. The van der Waals surface area contributed by atoms with E-state index in [0.29, 0.717) is 15.3 Å². The smallest absolute Gasteiger partial charge is 0.178 e. The lowest BCUT2D eigenvalue weighted by Crippen LogP contribution is -1.95. The van der Waals surface area contributed by atoms with Gasteiger partial charge in [-0.3, -0.25) is 4.79 Å². The summed E-state index contributed by atoms with van der Waals surface area (Å²) in [4.78, 5) is 14.7. The summed E-state index contributed by atoms with van der Waals surface area (Å²) in [5.74, 6) is -0.0673. The van der Waals surface area contributed by atoms with Crippen LogP contribution in [0.15, 0.2) is 16.7 Å². The Morgan fingerprint density at radius 2 is 2.27 bits per heavy atom. The summed E-state index contributed by atoms with van der Waals surface area (Å²) in [6.07, 6.45) is 0. The first-order valence-electron chi connectivity index (χ1n) is 2.94. The highest BCUT2D eigenvalue weighted by Crippen LogP contribution is 2.19. The molecular weight excluding hydrogens is 229 g/mol. The van der Waals surface area contributed by atoms with E-state index in [1.165, 1.54) is 6.92 Å². The Hall–Kier alpha value is -0.410. The molecule has 58 valence electrons. The van der Waals surface area contributed by atoms with E-state index in [-0.39, 0.29) is 5.78 Å². The molecule has 0 bridgehead atoms. The van der Waals surface area contributed by atoms with Crippen LogP contribution in [0.1, 0.15) is 17.4 Å². The van der Waals surface area contributed by atoms with E-state index in [1.54, 1.807) is 12.1 Å². The molecule has 0 aliphatic heterocycles.